The minimum atomic E-state index is 0.328. The number of nitrogens with one attached hydrogen (secondary N) is 1. The summed E-state index contributed by atoms with van der Waals surface area (Å²) in [5, 5.41) is 1.27. The summed E-state index contributed by atoms with van der Waals surface area (Å²) >= 11 is 8.38. The zero-order valence-electron chi connectivity index (χ0n) is 11.1. The summed E-state index contributed by atoms with van der Waals surface area (Å²) in [6.45, 7) is 1.28. The molecule has 3 fully saturated rings. The molecule has 2 saturated carbocycles. The first-order valence-corrected chi connectivity index (χ1v) is 9.02. The molecule has 6 atom stereocenters. The lowest BCUT2D eigenvalue weighted by Gasteiger charge is -2.33. The van der Waals surface area contributed by atoms with Gasteiger partial charge in [-0.2, -0.15) is 0 Å². The number of halogens is 1. The van der Waals surface area contributed by atoms with Crippen molar-refractivity contribution in [3.05, 3.63) is 0 Å². The summed E-state index contributed by atoms with van der Waals surface area (Å²) in [4.78, 5) is 1.69. The Morgan fingerprint density at radius 3 is 2.78 bits per heavy atom. The molecular formula is C14H26ClN2S+. The molecule has 6 unspecified atom stereocenters. The van der Waals surface area contributed by atoms with E-state index in [4.69, 9.17) is 17.3 Å². The van der Waals surface area contributed by atoms with Crippen LogP contribution in [0.15, 0.2) is 0 Å². The number of fused-ring (bicyclic) bond motifs is 1. The van der Waals surface area contributed by atoms with Crippen LogP contribution in [0.2, 0.25) is 0 Å². The van der Waals surface area contributed by atoms with Crippen LogP contribution in [0.4, 0.5) is 0 Å². The van der Waals surface area contributed by atoms with Gasteiger partial charge in [0.05, 0.1) is 11.8 Å². The van der Waals surface area contributed by atoms with Crippen LogP contribution in [-0.4, -0.2) is 28.7 Å². The SMILES string of the molecule is NC1SC2CCCCC2[NH+]1CC1CCCC(Cl)C1. The fourth-order valence-electron chi connectivity index (χ4n) is 4.18. The Labute approximate surface area is 120 Å². The molecule has 0 bridgehead atoms. The Hall–Kier alpha value is 0.560. The maximum atomic E-state index is 6.38. The predicted octanol–water partition coefficient (Wildman–Crippen LogP) is 1.97. The molecule has 2 aliphatic carbocycles. The van der Waals surface area contributed by atoms with E-state index in [2.05, 4.69) is 11.8 Å². The molecule has 0 aromatic heterocycles. The molecule has 0 spiro atoms. The third-order valence-corrected chi connectivity index (χ3v) is 7.02. The molecule has 3 aliphatic rings. The first-order chi connectivity index (χ1) is 8.74. The van der Waals surface area contributed by atoms with Gasteiger partial charge in [0.15, 0.2) is 5.50 Å². The zero-order chi connectivity index (χ0) is 12.5. The fraction of sp³-hybridized carbons (Fsp3) is 1.00. The Morgan fingerprint density at radius 1 is 1.11 bits per heavy atom. The molecular weight excluding hydrogens is 264 g/mol. The van der Waals surface area contributed by atoms with E-state index in [9.17, 15) is 0 Å². The molecule has 104 valence electrons. The Bertz CT molecular complexity index is 289. The van der Waals surface area contributed by atoms with Crippen LogP contribution >= 0.6 is 23.4 Å². The summed E-state index contributed by atoms with van der Waals surface area (Å²) in [6.07, 6.45) is 10.8. The first kappa shape index (κ1) is 13.5. The molecule has 4 heteroatoms. The second-order valence-electron chi connectivity index (χ2n) is 6.40. The molecule has 2 nitrogen and oxygen atoms in total. The van der Waals surface area contributed by atoms with Crippen molar-refractivity contribution in [3.8, 4) is 0 Å². The number of alkyl halides is 1. The van der Waals surface area contributed by atoms with E-state index in [1.165, 1.54) is 57.9 Å². The first-order valence-electron chi connectivity index (χ1n) is 7.64. The van der Waals surface area contributed by atoms with Gasteiger partial charge in [-0.05, 0) is 32.1 Å². The van der Waals surface area contributed by atoms with Gasteiger partial charge in [-0.3, -0.25) is 5.73 Å². The van der Waals surface area contributed by atoms with E-state index in [1.54, 1.807) is 4.90 Å². The number of hydrogen-bond donors (Lipinski definition) is 2. The van der Waals surface area contributed by atoms with Crippen molar-refractivity contribution in [2.24, 2.45) is 11.7 Å². The van der Waals surface area contributed by atoms with E-state index in [0.29, 0.717) is 10.9 Å². The van der Waals surface area contributed by atoms with Gasteiger partial charge in [0.1, 0.15) is 6.04 Å². The van der Waals surface area contributed by atoms with E-state index in [0.717, 1.165) is 17.2 Å². The van der Waals surface area contributed by atoms with E-state index < -0.39 is 0 Å². The van der Waals surface area contributed by atoms with Crippen LogP contribution in [0, 0.1) is 5.92 Å². The highest BCUT2D eigenvalue weighted by atomic mass is 35.5. The molecule has 3 rings (SSSR count). The van der Waals surface area contributed by atoms with Gasteiger partial charge in [0, 0.05) is 17.7 Å². The van der Waals surface area contributed by atoms with Crippen LogP contribution < -0.4 is 10.6 Å². The Morgan fingerprint density at radius 2 is 1.94 bits per heavy atom. The zero-order valence-corrected chi connectivity index (χ0v) is 12.7. The number of quaternary nitrogens is 1. The number of nitrogens with two attached hydrogens (primary N) is 1. The predicted molar refractivity (Wildman–Crippen MR) is 79.0 cm³/mol. The van der Waals surface area contributed by atoms with Crippen LogP contribution in [0.1, 0.15) is 51.4 Å². The normalized spacial score (nSPS) is 49.0. The molecule has 0 radical (unpaired) electrons. The quantitative estimate of drug-likeness (QED) is 0.762. The van der Waals surface area contributed by atoms with Crippen molar-refractivity contribution in [3.63, 3.8) is 0 Å². The smallest absolute Gasteiger partial charge is 0.187 e. The maximum absolute atomic E-state index is 6.38. The fourth-order valence-corrected chi connectivity index (χ4v) is 6.21. The number of thioether (sulfide) groups is 1. The van der Waals surface area contributed by atoms with Crippen molar-refractivity contribution in [1.82, 2.24) is 0 Å². The summed E-state index contributed by atoms with van der Waals surface area (Å²) in [6, 6.07) is 0.842. The summed E-state index contributed by atoms with van der Waals surface area (Å²) < 4.78 is 0. The molecule has 1 aliphatic heterocycles. The van der Waals surface area contributed by atoms with Gasteiger partial charge < -0.3 is 4.90 Å². The highest BCUT2D eigenvalue weighted by Gasteiger charge is 2.45. The molecule has 0 amide bonds. The van der Waals surface area contributed by atoms with Crippen molar-refractivity contribution < 1.29 is 4.90 Å². The largest absolute Gasteiger partial charge is 0.308 e. The van der Waals surface area contributed by atoms with E-state index >= 15 is 0 Å². The lowest BCUT2D eigenvalue weighted by Crippen LogP contribution is -3.19. The molecule has 1 saturated heterocycles. The second-order valence-corrected chi connectivity index (χ2v) is 8.40. The van der Waals surface area contributed by atoms with Gasteiger partial charge in [-0.25, -0.2) is 0 Å². The summed E-state index contributed by atoms with van der Waals surface area (Å²) in [7, 11) is 0. The van der Waals surface area contributed by atoms with Gasteiger partial charge >= 0.3 is 0 Å². The van der Waals surface area contributed by atoms with Crippen molar-refractivity contribution >= 4 is 23.4 Å². The average molecular weight is 290 g/mol. The van der Waals surface area contributed by atoms with Gasteiger partial charge in [0.2, 0.25) is 0 Å². The van der Waals surface area contributed by atoms with Gasteiger partial charge in [0.25, 0.3) is 0 Å². The molecule has 1 heterocycles. The van der Waals surface area contributed by atoms with Crippen LogP contribution in [0.25, 0.3) is 0 Å². The third kappa shape index (κ3) is 2.84. The summed E-state index contributed by atoms with van der Waals surface area (Å²) in [5.41, 5.74) is 6.71. The lowest BCUT2D eigenvalue weighted by atomic mass is 9.87. The summed E-state index contributed by atoms with van der Waals surface area (Å²) in [5.74, 6) is 0.823. The van der Waals surface area contributed by atoms with Gasteiger partial charge in [-0.1, -0.05) is 24.6 Å². The highest BCUT2D eigenvalue weighted by Crippen LogP contribution is 2.33. The van der Waals surface area contributed by atoms with Crippen LogP contribution in [0.3, 0.4) is 0 Å². The molecule has 0 aromatic rings. The maximum Gasteiger partial charge on any atom is 0.187 e. The highest BCUT2D eigenvalue weighted by molar-refractivity contribution is 8.00. The monoisotopic (exact) mass is 289 g/mol. The van der Waals surface area contributed by atoms with Crippen LogP contribution in [-0.2, 0) is 0 Å². The minimum absolute atomic E-state index is 0.328. The average Bonchev–Trinajstić information content (AvgIpc) is 2.66. The van der Waals surface area contributed by atoms with E-state index in [1.807, 2.05) is 0 Å². The topological polar surface area (TPSA) is 30.5 Å². The van der Waals surface area contributed by atoms with Gasteiger partial charge in [-0.15, -0.1) is 11.6 Å². The Balaban J connectivity index is 1.60. The second kappa shape index (κ2) is 5.90. The molecule has 0 aromatic carbocycles. The van der Waals surface area contributed by atoms with Crippen molar-refractivity contribution in [1.29, 1.82) is 0 Å². The molecule has 3 N–H and O–H groups in total. The third-order valence-electron chi connectivity index (χ3n) is 5.11. The standard InChI is InChI=1S/C14H25ClN2S/c15-11-5-3-4-10(8-11)9-17-12-6-1-2-7-13(12)18-14(17)16/h10-14H,1-9,16H2/p+1. The van der Waals surface area contributed by atoms with Crippen molar-refractivity contribution in [2.75, 3.05) is 6.54 Å². The van der Waals surface area contributed by atoms with Crippen LogP contribution in [0.5, 0.6) is 0 Å². The Kier molecular flexibility index (Phi) is 4.44. The van der Waals surface area contributed by atoms with Crippen molar-refractivity contribution in [2.45, 2.75) is 73.5 Å². The van der Waals surface area contributed by atoms with E-state index in [-0.39, 0.29) is 0 Å². The lowest BCUT2D eigenvalue weighted by molar-refractivity contribution is -0.933. The number of hydrogen-bond acceptors (Lipinski definition) is 2. The number of rotatable bonds is 2. The minimum Gasteiger partial charge on any atom is -0.308 e. The molecule has 18 heavy (non-hydrogen) atoms.